The Balaban J connectivity index is 2.31. The summed E-state index contributed by atoms with van der Waals surface area (Å²) < 4.78 is 26.1. The van der Waals surface area contributed by atoms with Crippen molar-refractivity contribution >= 4 is 21.6 Å². The Labute approximate surface area is 168 Å². The number of sulfonamides is 1. The minimum atomic E-state index is -3.63. The average molecular weight is 403 g/mol. The predicted octanol–water partition coefficient (Wildman–Crippen LogP) is 3.95. The van der Waals surface area contributed by atoms with Crippen molar-refractivity contribution in [2.75, 3.05) is 10.6 Å². The molecule has 152 valence electrons. The summed E-state index contributed by atoms with van der Waals surface area (Å²) in [7, 11) is -3.63. The van der Waals surface area contributed by atoms with Crippen molar-refractivity contribution in [3.8, 4) is 0 Å². The van der Waals surface area contributed by atoms with Gasteiger partial charge in [-0.25, -0.2) is 8.42 Å². The first-order valence-electron chi connectivity index (χ1n) is 9.36. The van der Waals surface area contributed by atoms with Gasteiger partial charge in [-0.1, -0.05) is 29.8 Å². The predicted molar refractivity (Wildman–Crippen MR) is 115 cm³/mol. The molecule has 0 aliphatic heterocycles. The van der Waals surface area contributed by atoms with Crippen LogP contribution in [0, 0.1) is 27.7 Å². The quantitative estimate of drug-likeness (QED) is 0.795. The molecule has 6 heteroatoms. The minimum absolute atomic E-state index is 0.226. The van der Waals surface area contributed by atoms with Gasteiger partial charge in [0.25, 0.3) is 0 Å². The van der Waals surface area contributed by atoms with Crippen LogP contribution in [0.25, 0.3) is 0 Å². The smallest absolute Gasteiger partial charge is 0.244 e. The van der Waals surface area contributed by atoms with Crippen LogP contribution in [-0.4, -0.2) is 26.6 Å². The van der Waals surface area contributed by atoms with E-state index in [1.807, 2.05) is 58.9 Å². The fourth-order valence-electron chi connectivity index (χ4n) is 3.31. The minimum Gasteiger partial charge on any atom is -0.348 e. The summed E-state index contributed by atoms with van der Waals surface area (Å²) in [5.74, 6) is -0.336. The van der Waals surface area contributed by atoms with Crippen molar-refractivity contribution in [2.24, 2.45) is 0 Å². The molecule has 0 fully saturated rings. The summed E-state index contributed by atoms with van der Waals surface area (Å²) in [6.07, 6.45) is 1.13. The molecule has 2 rings (SSSR count). The number of amides is 1. The third kappa shape index (κ3) is 4.93. The van der Waals surface area contributed by atoms with Crippen LogP contribution in [0.3, 0.4) is 0 Å². The van der Waals surface area contributed by atoms with Gasteiger partial charge in [0, 0.05) is 0 Å². The zero-order valence-corrected chi connectivity index (χ0v) is 18.5. The third-order valence-corrected chi connectivity index (χ3v) is 6.34. The molecule has 0 radical (unpaired) electrons. The molecule has 1 amide bonds. The van der Waals surface area contributed by atoms with Gasteiger partial charge in [0.2, 0.25) is 15.9 Å². The first-order valence-corrected chi connectivity index (χ1v) is 11.2. The molecular weight excluding hydrogens is 372 g/mol. The van der Waals surface area contributed by atoms with Gasteiger partial charge < -0.3 is 5.32 Å². The highest BCUT2D eigenvalue weighted by Crippen LogP contribution is 2.25. The van der Waals surface area contributed by atoms with Crippen molar-refractivity contribution in [3.63, 3.8) is 0 Å². The molecule has 0 aliphatic carbocycles. The van der Waals surface area contributed by atoms with Crippen LogP contribution >= 0.6 is 0 Å². The molecule has 0 heterocycles. The van der Waals surface area contributed by atoms with Gasteiger partial charge >= 0.3 is 0 Å². The Kier molecular flexibility index (Phi) is 6.55. The zero-order chi connectivity index (χ0) is 21.2. The van der Waals surface area contributed by atoms with E-state index in [1.165, 1.54) is 4.31 Å². The molecule has 2 aromatic rings. The monoisotopic (exact) mass is 402 g/mol. The van der Waals surface area contributed by atoms with Crippen LogP contribution in [-0.2, 0) is 14.8 Å². The highest BCUT2D eigenvalue weighted by molar-refractivity contribution is 7.92. The maximum Gasteiger partial charge on any atom is 0.244 e. The maximum absolute atomic E-state index is 12.9. The van der Waals surface area contributed by atoms with E-state index in [1.54, 1.807) is 19.1 Å². The summed E-state index contributed by atoms with van der Waals surface area (Å²) in [6, 6.07) is 10.4. The molecule has 2 atom stereocenters. The van der Waals surface area contributed by atoms with Gasteiger partial charge in [0.1, 0.15) is 6.04 Å². The van der Waals surface area contributed by atoms with Gasteiger partial charge in [0.05, 0.1) is 18.0 Å². The van der Waals surface area contributed by atoms with Crippen LogP contribution in [0.4, 0.5) is 5.69 Å². The number of anilines is 1. The van der Waals surface area contributed by atoms with E-state index >= 15 is 0 Å². The lowest BCUT2D eigenvalue weighted by Crippen LogP contribution is -2.48. The highest BCUT2D eigenvalue weighted by Gasteiger charge is 2.30. The summed E-state index contributed by atoms with van der Waals surface area (Å²) in [5.41, 5.74) is 5.76. The van der Waals surface area contributed by atoms with Crippen LogP contribution in [0.5, 0.6) is 0 Å². The second-order valence-electron chi connectivity index (χ2n) is 7.59. The number of hydrogen-bond donors (Lipinski definition) is 1. The number of carbonyl (C=O) groups is 1. The molecule has 0 bridgehead atoms. The Hall–Kier alpha value is -2.34. The lowest BCUT2D eigenvalue weighted by Gasteiger charge is -2.30. The van der Waals surface area contributed by atoms with E-state index in [2.05, 4.69) is 5.32 Å². The summed E-state index contributed by atoms with van der Waals surface area (Å²) >= 11 is 0. The van der Waals surface area contributed by atoms with Gasteiger partial charge in [-0.15, -0.1) is 0 Å². The second-order valence-corrected chi connectivity index (χ2v) is 9.45. The largest absolute Gasteiger partial charge is 0.348 e. The Morgan fingerprint density at radius 2 is 1.54 bits per heavy atom. The summed E-state index contributed by atoms with van der Waals surface area (Å²) in [4.78, 5) is 12.9. The van der Waals surface area contributed by atoms with E-state index in [9.17, 15) is 13.2 Å². The molecule has 1 N–H and O–H groups in total. The van der Waals surface area contributed by atoms with E-state index < -0.39 is 16.1 Å². The standard InChI is InChI=1S/C22H30N2O3S/c1-14-8-9-16(3)21(12-14)18(5)23-22(25)19(6)24(28(7,26)27)20-11-10-15(2)17(4)13-20/h8-13,18-19H,1-7H3,(H,23,25). The Morgan fingerprint density at radius 3 is 2.11 bits per heavy atom. The van der Waals surface area contributed by atoms with E-state index in [-0.39, 0.29) is 11.9 Å². The summed E-state index contributed by atoms with van der Waals surface area (Å²) in [5, 5.41) is 2.97. The number of hydrogen-bond acceptors (Lipinski definition) is 3. The first kappa shape index (κ1) is 22.0. The number of carbonyl (C=O) groups excluding carboxylic acids is 1. The van der Waals surface area contributed by atoms with Crippen molar-refractivity contribution < 1.29 is 13.2 Å². The fourth-order valence-corrected chi connectivity index (χ4v) is 4.48. The van der Waals surface area contributed by atoms with Gasteiger partial charge in [-0.2, -0.15) is 0 Å². The Morgan fingerprint density at radius 1 is 0.929 bits per heavy atom. The third-order valence-electron chi connectivity index (χ3n) is 5.09. The fraction of sp³-hybridized carbons (Fsp3) is 0.409. The molecule has 5 nitrogen and oxygen atoms in total. The Bertz CT molecular complexity index is 983. The van der Waals surface area contributed by atoms with Crippen LogP contribution in [0.2, 0.25) is 0 Å². The molecule has 28 heavy (non-hydrogen) atoms. The second kappa shape index (κ2) is 8.35. The highest BCUT2D eigenvalue weighted by atomic mass is 32.2. The van der Waals surface area contributed by atoms with Crippen LogP contribution < -0.4 is 9.62 Å². The van der Waals surface area contributed by atoms with Gasteiger partial charge in [-0.05, 0) is 75.9 Å². The number of aryl methyl sites for hydroxylation is 4. The van der Waals surface area contributed by atoms with E-state index in [0.717, 1.165) is 34.1 Å². The van der Waals surface area contributed by atoms with E-state index in [0.29, 0.717) is 5.69 Å². The first-order chi connectivity index (χ1) is 12.9. The molecule has 0 aliphatic rings. The van der Waals surface area contributed by atoms with Crippen LogP contribution in [0.15, 0.2) is 36.4 Å². The number of nitrogens with one attached hydrogen (secondary N) is 1. The van der Waals surface area contributed by atoms with Gasteiger partial charge in [0.15, 0.2) is 0 Å². The number of benzene rings is 2. The molecule has 0 spiro atoms. The number of rotatable bonds is 6. The average Bonchev–Trinajstić information content (AvgIpc) is 2.58. The SMILES string of the molecule is Cc1ccc(C)c(C(C)NC(=O)C(C)N(c2ccc(C)c(C)c2)S(C)(=O)=O)c1. The lowest BCUT2D eigenvalue weighted by molar-refractivity contribution is -0.122. The maximum atomic E-state index is 12.9. The van der Waals surface area contributed by atoms with Crippen molar-refractivity contribution in [1.29, 1.82) is 0 Å². The topological polar surface area (TPSA) is 66.5 Å². The van der Waals surface area contributed by atoms with Crippen molar-refractivity contribution in [1.82, 2.24) is 5.32 Å². The lowest BCUT2D eigenvalue weighted by atomic mass is 10.00. The van der Waals surface area contributed by atoms with Gasteiger partial charge in [-0.3, -0.25) is 9.10 Å². The van der Waals surface area contributed by atoms with Crippen molar-refractivity contribution in [2.45, 2.75) is 53.6 Å². The van der Waals surface area contributed by atoms with Crippen molar-refractivity contribution in [3.05, 3.63) is 64.2 Å². The molecule has 0 saturated heterocycles. The summed E-state index contributed by atoms with van der Waals surface area (Å²) in [6.45, 7) is 11.4. The molecule has 0 saturated carbocycles. The zero-order valence-electron chi connectivity index (χ0n) is 17.7. The molecule has 2 unspecified atom stereocenters. The van der Waals surface area contributed by atoms with E-state index in [4.69, 9.17) is 0 Å². The normalized spacial score (nSPS) is 13.7. The molecule has 2 aromatic carbocycles. The molecule has 0 aromatic heterocycles. The number of nitrogens with zero attached hydrogens (tertiary/aromatic N) is 1. The van der Waals surface area contributed by atoms with Crippen LogP contribution in [0.1, 0.15) is 47.7 Å². The molecular formula is C22H30N2O3S.